The third-order valence-corrected chi connectivity index (χ3v) is 4.76. The van der Waals surface area contributed by atoms with Crippen molar-refractivity contribution in [3.8, 4) is 0 Å². The summed E-state index contributed by atoms with van der Waals surface area (Å²) in [5.41, 5.74) is 4.43. The van der Waals surface area contributed by atoms with Crippen molar-refractivity contribution >= 4 is 17.7 Å². The lowest BCUT2D eigenvalue weighted by molar-refractivity contribution is -0.135. The van der Waals surface area contributed by atoms with Crippen LogP contribution in [0.5, 0.6) is 0 Å². The van der Waals surface area contributed by atoms with Gasteiger partial charge in [0.05, 0.1) is 6.04 Å². The van der Waals surface area contributed by atoms with Gasteiger partial charge in [-0.2, -0.15) is 0 Å². The molecule has 1 aliphatic rings. The molecule has 3 amide bonds. The first kappa shape index (κ1) is 20.4. The van der Waals surface area contributed by atoms with E-state index in [9.17, 15) is 14.4 Å². The minimum atomic E-state index is -1.07. The summed E-state index contributed by atoms with van der Waals surface area (Å²) in [4.78, 5) is 36.9. The molecule has 2 atom stereocenters. The van der Waals surface area contributed by atoms with Gasteiger partial charge in [0, 0.05) is 0 Å². The lowest BCUT2D eigenvalue weighted by atomic mass is 9.91. The monoisotopic (exact) mass is 340 g/mol. The van der Waals surface area contributed by atoms with Gasteiger partial charge in [0.15, 0.2) is 0 Å². The van der Waals surface area contributed by atoms with Crippen LogP contribution in [0.25, 0.3) is 0 Å². The molecule has 0 radical (unpaired) electrons. The quantitative estimate of drug-likeness (QED) is 0.487. The van der Waals surface area contributed by atoms with Crippen LogP contribution in [-0.2, 0) is 14.4 Å². The standard InChI is InChI=1S/C17H32N4O3/c1-5-17(6-2,16(18)24)21-15(23)13(10-11(3)4)20-14(22)12-8-7-9-19-12/h11-13,19H,5-10H2,1-4H3,(H2,18,24)(H,20,22)(H,21,23)/t12-,13-/m0/s1. The summed E-state index contributed by atoms with van der Waals surface area (Å²) in [7, 11) is 0. The number of carbonyl (C=O) groups is 3. The Morgan fingerprint density at radius 3 is 2.29 bits per heavy atom. The fourth-order valence-corrected chi connectivity index (χ4v) is 3.04. The largest absolute Gasteiger partial charge is 0.368 e. The molecule has 0 aromatic carbocycles. The highest BCUT2D eigenvalue weighted by Gasteiger charge is 2.37. The molecule has 1 saturated heterocycles. The van der Waals surface area contributed by atoms with Crippen molar-refractivity contribution in [2.24, 2.45) is 11.7 Å². The first-order valence-corrected chi connectivity index (χ1v) is 8.91. The summed E-state index contributed by atoms with van der Waals surface area (Å²) in [6, 6.07) is -0.914. The highest BCUT2D eigenvalue weighted by atomic mass is 16.2. The first-order valence-electron chi connectivity index (χ1n) is 8.91. The molecule has 5 N–H and O–H groups in total. The zero-order chi connectivity index (χ0) is 18.3. The molecule has 0 saturated carbocycles. The molecule has 1 rings (SSSR count). The molecule has 1 heterocycles. The predicted octanol–water partition coefficient (Wildman–Crippen LogP) is 0.430. The van der Waals surface area contributed by atoms with Crippen LogP contribution in [0.3, 0.4) is 0 Å². The number of primary amides is 1. The summed E-state index contributed by atoms with van der Waals surface area (Å²) >= 11 is 0. The van der Waals surface area contributed by atoms with Crippen LogP contribution in [0.4, 0.5) is 0 Å². The van der Waals surface area contributed by atoms with Crippen LogP contribution < -0.4 is 21.7 Å². The summed E-state index contributed by atoms with van der Waals surface area (Å²) in [5.74, 6) is -0.833. The van der Waals surface area contributed by atoms with E-state index in [0.29, 0.717) is 19.3 Å². The minimum Gasteiger partial charge on any atom is -0.368 e. The number of amides is 3. The second-order valence-corrected chi connectivity index (χ2v) is 6.98. The maximum Gasteiger partial charge on any atom is 0.243 e. The van der Waals surface area contributed by atoms with Crippen LogP contribution in [0.2, 0.25) is 0 Å². The van der Waals surface area contributed by atoms with E-state index in [1.165, 1.54) is 0 Å². The van der Waals surface area contributed by atoms with Crippen molar-refractivity contribution in [3.05, 3.63) is 0 Å². The molecular formula is C17H32N4O3. The molecule has 1 aliphatic heterocycles. The van der Waals surface area contributed by atoms with E-state index in [1.54, 1.807) is 0 Å². The smallest absolute Gasteiger partial charge is 0.243 e. The van der Waals surface area contributed by atoms with Crippen molar-refractivity contribution in [2.75, 3.05) is 6.54 Å². The van der Waals surface area contributed by atoms with Gasteiger partial charge in [-0.3, -0.25) is 14.4 Å². The zero-order valence-electron chi connectivity index (χ0n) is 15.3. The van der Waals surface area contributed by atoms with E-state index in [0.717, 1.165) is 19.4 Å². The maximum absolute atomic E-state index is 12.7. The van der Waals surface area contributed by atoms with Crippen LogP contribution in [0.1, 0.15) is 59.8 Å². The average Bonchev–Trinajstić information content (AvgIpc) is 3.05. The second-order valence-electron chi connectivity index (χ2n) is 6.98. The van der Waals surface area contributed by atoms with Crippen LogP contribution in [0, 0.1) is 5.92 Å². The molecule has 1 fully saturated rings. The molecular weight excluding hydrogens is 308 g/mol. The summed E-state index contributed by atoms with van der Waals surface area (Å²) in [6.45, 7) is 8.41. The Morgan fingerprint density at radius 2 is 1.88 bits per heavy atom. The molecule has 138 valence electrons. The van der Waals surface area contributed by atoms with E-state index in [2.05, 4.69) is 16.0 Å². The average molecular weight is 340 g/mol. The van der Waals surface area contributed by atoms with Gasteiger partial charge < -0.3 is 21.7 Å². The molecule has 24 heavy (non-hydrogen) atoms. The highest BCUT2D eigenvalue weighted by Crippen LogP contribution is 2.16. The second kappa shape index (κ2) is 9.01. The Balaban J connectivity index is 2.83. The van der Waals surface area contributed by atoms with E-state index < -0.39 is 17.5 Å². The van der Waals surface area contributed by atoms with Crippen molar-refractivity contribution in [2.45, 2.75) is 77.4 Å². The molecule has 0 aromatic rings. The molecule has 0 bridgehead atoms. The molecule has 0 aromatic heterocycles. The van der Waals surface area contributed by atoms with Crippen LogP contribution in [-0.4, -0.2) is 41.9 Å². The Labute approximate surface area is 144 Å². The fraction of sp³-hybridized carbons (Fsp3) is 0.824. The summed E-state index contributed by atoms with van der Waals surface area (Å²) < 4.78 is 0. The molecule has 0 aliphatic carbocycles. The van der Waals surface area contributed by atoms with E-state index in [1.807, 2.05) is 27.7 Å². The van der Waals surface area contributed by atoms with Crippen molar-refractivity contribution < 1.29 is 14.4 Å². The molecule has 7 nitrogen and oxygen atoms in total. The van der Waals surface area contributed by atoms with Gasteiger partial charge >= 0.3 is 0 Å². The van der Waals surface area contributed by atoms with Gasteiger partial charge in [-0.15, -0.1) is 0 Å². The summed E-state index contributed by atoms with van der Waals surface area (Å²) in [6.07, 6.45) is 3.06. The maximum atomic E-state index is 12.7. The van der Waals surface area contributed by atoms with Gasteiger partial charge in [0.2, 0.25) is 17.7 Å². The van der Waals surface area contributed by atoms with Gasteiger partial charge in [-0.05, 0) is 44.6 Å². The predicted molar refractivity (Wildman–Crippen MR) is 93.1 cm³/mol. The minimum absolute atomic E-state index is 0.161. The van der Waals surface area contributed by atoms with Crippen molar-refractivity contribution in [3.63, 3.8) is 0 Å². The summed E-state index contributed by atoms with van der Waals surface area (Å²) in [5, 5.41) is 8.74. The zero-order valence-corrected chi connectivity index (χ0v) is 15.3. The lowest BCUT2D eigenvalue weighted by Gasteiger charge is -2.32. The number of rotatable bonds is 9. The number of carbonyl (C=O) groups excluding carboxylic acids is 3. The van der Waals surface area contributed by atoms with Gasteiger partial charge in [-0.25, -0.2) is 0 Å². The van der Waals surface area contributed by atoms with Crippen LogP contribution in [0.15, 0.2) is 0 Å². The molecule has 0 spiro atoms. The normalized spacial score (nSPS) is 19.1. The van der Waals surface area contributed by atoms with Gasteiger partial charge in [-0.1, -0.05) is 27.7 Å². The van der Waals surface area contributed by atoms with E-state index in [4.69, 9.17) is 5.73 Å². The third-order valence-electron chi connectivity index (χ3n) is 4.76. The highest BCUT2D eigenvalue weighted by molar-refractivity contribution is 5.94. The number of nitrogens with one attached hydrogen (secondary N) is 3. The van der Waals surface area contributed by atoms with Crippen molar-refractivity contribution in [1.29, 1.82) is 0 Å². The van der Waals surface area contributed by atoms with E-state index in [-0.39, 0.29) is 23.8 Å². The van der Waals surface area contributed by atoms with Crippen LogP contribution >= 0.6 is 0 Å². The van der Waals surface area contributed by atoms with Crippen molar-refractivity contribution in [1.82, 2.24) is 16.0 Å². The Bertz CT molecular complexity index is 455. The first-order chi connectivity index (χ1) is 11.3. The lowest BCUT2D eigenvalue weighted by Crippen LogP contribution is -2.61. The van der Waals surface area contributed by atoms with Gasteiger partial charge in [0.25, 0.3) is 0 Å². The Kier molecular flexibility index (Phi) is 7.66. The molecule has 0 unspecified atom stereocenters. The Hall–Kier alpha value is -1.63. The number of hydrogen-bond donors (Lipinski definition) is 4. The topological polar surface area (TPSA) is 113 Å². The third kappa shape index (κ3) is 5.19. The fourth-order valence-electron chi connectivity index (χ4n) is 3.04. The van der Waals surface area contributed by atoms with Gasteiger partial charge in [0.1, 0.15) is 11.6 Å². The Morgan fingerprint density at radius 1 is 1.25 bits per heavy atom. The molecule has 7 heteroatoms. The van der Waals surface area contributed by atoms with E-state index >= 15 is 0 Å². The SMILES string of the molecule is CCC(CC)(NC(=O)[C@H](CC(C)C)NC(=O)[C@@H]1CCCN1)C(N)=O. The number of hydrogen-bond acceptors (Lipinski definition) is 4. The number of nitrogens with two attached hydrogens (primary N) is 1.